The zero-order valence-electron chi connectivity index (χ0n) is 9.07. The number of anilines is 1. The van der Waals surface area contributed by atoms with Crippen molar-refractivity contribution in [1.82, 2.24) is 0 Å². The second-order valence-corrected chi connectivity index (χ2v) is 3.49. The van der Waals surface area contributed by atoms with Gasteiger partial charge in [-0.3, -0.25) is 4.79 Å². The Kier molecular flexibility index (Phi) is 4.09. The van der Waals surface area contributed by atoms with Gasteiger partial charge in [-0.15, -0.1) is 0 Å². The highest BCUT2D eigenvalue weighted by molar-refractivity contribution is 5.90. The minimum Gasteiger partial charge on any atom is -0.326 e. The van der Waals surface area contributed by atoms with Gasteiger partial charge in [0.15, 0.2) is 0 Å². The highest BCUT2D eigenvalue weighted by Crippen LogP contribution is 2.32. The van der Waals surface area contributed by atoms with Crippen molar-refractivity contribution in [2.24, 2.45) is 0 Å². The first-order valence-electron chi connectivity index (χ1n) is 5.01. The molecule has 0 aliphatic heterocycles. The summed E-state index contributed by atoms with van der Waals surface area (Å²) in [4.78, 5) is 11.2. The number of halogens is 4. The Bertz CT molecular complexity index is 414. The number of carbonyl (C=O) groups is 1. The monoisotopic (exact) mass is 249 g/mol. The molecule has 1 rings (SSSR count). The molecule has 0 bridgehead atoms. The summed E-state index contributed by atoms with van der Waals surface area (Å²) >= 11 is 0. The van der Waals surface area contributed by atoms with Crippen molar-refractivity contribution in [1.29, 1.82) is 0 Å². The molecule has 0 aromatic heterocycles. The minimum atomic E-state index is -4.77. The van der Waals surface area contributed by atoms with E-state index in [4.69, 9.17) is 0 Å². The van der Waals surface area contributed by atoms with Crippen LogP contribution in [0.15, 0.2) is 18.2 Å². The average molecular weight is 249 g/mol. The van der Waals surface area contributed by atoms with Crippen LogP contribution in [0.3, 0.4) is 0 Å². The van der Waals surface area contributed by atoms with E-state index in [1.165, 1.54) is 0 Å². The van der Waals surface area contributed by atoms with Crippen molar-refractivity contribution < 1.29 is 22.4 Å². The molecule has 0 fully saturated rings. The number of hydrogen-bond donors (Lipinski definition) is 1. The van der Waals surface area contributed by atoms with Gasteiger partial charge >= 0.3 is 6.18 Å². The van der Waals surface area contributed by atoms with E-state index in [9.17, 15) is 22.4 Å². The summed E-state index contributed by atoms with van der Waals surface area (Å²) in [6.07, 6.45) is -3.98. The fourth-order valence-electron chi connectivity index (χ4n) is 1.27. The Morgan fingerprint density at radius 1 is 1.35 bits per heavy atom. The largest absolute Gasteiger partial charge is 0.419 e. The highest BCUT2D eigenvalue weighted by Gasteiger charge is 2.34. The first-order chi connectivity index (χ1) is 7.84. The van der Waals surface area contributed by atoms with Crippen LogP contribution in [0.5, 0.6) is 0 Å². The van der Waals surface area contributed by atoms with Crippen molar-refractivity contribution in [2.75, 3.05) is 5.32 Å². The topological polar surface area (TPSA) is 29.1 Å². The second-order valence-electron chi connectivity index (χ2n) is 3.49. The van der Waals surface area contributed by atoms with Gasteiger partial charge in [0.1, 0.15) is 5.82 Å². The number of carbonyl (C=O) groups excluding carboxylic acids is 1. The molecule has 0 aliphatic carbocycles. The van der Waals surface area contributed by atoms with Gasteiger partial charge in [0, 0.05) is 12.1 Å². The molecule has 0 aliphatic rings. The molecule has 6 heteroatoms. The molecule has 1 aromatic carbocycles. The molecular weight excluding hydrogens is 238 g/mol. The van der Waals surface area contributed by atoms with Crippen LogP contribution in [0.2, 0.25) is 0 Å². The molecule has 1 N–H and O–H groups in total. The van der Waals surface area contributed by atoms with Crippen LogP contribution in [0.4, 0.5) is 23.2 Å². The molecule has 0 radical (unpaired) electrons. The smallest absolute Gasteiger partial charge is 0.326 e. The predicted molar refractivity (Wildman–Crippen MR) is 54.9 cm³/mol. The highest BCUT2D eigenvalue weighted by atomic mass is 19.4. The van der Waals surface area contributed by atoms with E-state index in [0.717, 1.165) is 6.07 Å². The van der Waals surface area contributed by atoms with Crippen molar-refractivity contribution >= 4 is 11.6 Å². The quantitative estimate of drug-likeness (QED) is 0.815. The minimum absolute atomic E-state index is 0.0582. The van der Waals surface area contributed by atoms with Crippen LogP contribution in [-0.2, 0) is 11.0 Å². The van der Waals surface area contributed by atoms with E-state index in [2.05, 4.69) is 5.32 Å². The Labute approximate surface area is 95.6 Å². The number of amides is 1. The third kappa shape index (κ3) is 3.72. The fraction of sp³-hybridized carbons (Fsp3) is 0.364. The van der Waals surface area contributed by atoms with Crippen LogP contribution in [0, 0.1) is 5.82 Å². The summed E-state index contributed by atoms with van der Waals surface area (Å²) in [6.45, 7) is 1.77. The van der Waals surface area contributed by atoms with E-state index >= 15 is 0 Å². The lowest BCUT2D eigenvalue weighted by atomic mass is 10.1. The number of alkyl halides is 3. The SMILES string of the molecule is CCCC(=O)Nc1ccc(F)c(C(F)(F)F)c1. The second kappa shape index (κ2) is 5.16. The van der Waals surface area contributed by atoms with Crippen molar-refractivity contribution in [3.8, 4) is 0 Å². The predicted octanol–water partition coefficient (Wildman–Crippen LogP) is 3.58. The third-order valence-corrected chi connectivity index (χ3v) is 2.03. The molecule has 1 aromatic rings. The first kappa shape index (κ1) is 13.5. The van der Waals surface area contributed by atoms with E-state index in [0.29, 0.717) is 18.6 Å². The molecule has 0 atom stereocenters. The maximum absolute atomic E-state index is 12.9. The molecule has 94 valence electrons. The molecule has 1 amide bonds. The van der Waals surface area contributed by atoms with E-state index < -0.39 is 23.5 Å². The van der Waals surface area contributed by atoms with Crippen LogP contribution in [-0.4, -0.2) is 5.91 Å². The summed E-state index contributed by atoms with van der Waals surface area (Å²) in [6, 6.07) is 2.37. The van der Waals surface area contributed by atoms with Gasteiger partial charge in [-0.2, -0.15) is 13.2 Å². The van der Waals surface area contributed by atoms with Crippen LogP contribution >= 0.6 is 0 Å². The summed E-state index contributed by atoms with van der Waals surface area (Å²) in [5.41, 5.74) is -1.44. The standard InChI is InChI=1S/C11H11F4NO/c1-2-3-10(17)16-7-4-5-9(12)8(6-7)11(13,14)15/h4-6H,2-3H2,1H3,(H,16,17). The van der Waals surface area contributed by atoms with Crippen LogP contribution in [0.25, 0.3) is 0 Å². The average Bonchev–Trinajstić information content (AvgIpc) is 2.19. The Hall–Kier alpha value is -1.59. The van der Waals surface area contributed by atoms with Crippen molar-refractivity contribution in [3.05, 3.63) is 29.6 Å². The molecule has 17 heavy (non-hydrogen) atoms. The number of rotatable bonds is 3. The lowest BCUT2D eigenvalue weighted by molar-refractivity contribution is -0.140. The molecule has 0 spiro atoms. The number of hydrogen-bond acceptors (Lipinski definition) is 1. The van der Waals surface area contributed by atoms with E-state index in [-0.39, 0.29) is 12.1 Å². The molecule has 0 unspecified atom stereocenters. The number of benzene rings is 1. The van der Waals surface area contributed by atoms with Gasteiger partial charge in [-0.1, -0.05) is 6.92 Å². The van der Waals surface area contributed by atoms with E-state index in [1.807, 2.05) is 0 Å². The zero-order valence-corrected chi connectivity index (χ0v) is 9.07. The van der Waals surface area contributed by atoms with Gasteiger partial charge in [0.25, 0.3) is 0 Å². The van der Waals surface area contributed by atoms with Gasteiger partial charge in [-0.25, -0.2) is 4.39 Å². The molecule has 0 heterocycles. The Morgan fingerprint density at radius 3 is 2.53 bits per heavy atom. The summed E-state index contributed by atoms with van der Waals surface area (Å²) in [5, 5.41) is 2.28. The van der Waals surface area contributed by atoms with Crippen LogP contribution in [0.1, 0.15) is 25.3 Å². The Morgan fingerprint density at radius 2 is 2.00 bits per heavy atom. The summed E-state index contributed by atoms with van der Waals surface area (Å²) in [7, 11) is 0. The summed E-state index contributed by atoms with van der Waals surface area (Å²) < 4.78 is 50.0. The van der Waals surface area contributed by atoms with Gasteiger partial charge in [-0.05, 0) is 24.6 Å². The van der Waals surface area contributed by atoms with Crippen molar-refractivity contribution in [3.63, 3.8) is 0 Å². The number of nitrogens with one attached hydrogen (secondary N) is 1. The third-order valence-electron chi connectivity index (χ3n) is 2.03. The normalized spacial score (nSPS) is 11.4. The molecule has 0 saturated carbocycles. The fourth-order valence-corrected chi connectivity index (χ4v) is 1.27. The maximum Gasteiger partial charge on any atom is 0.419 e. The zero-order chi connectivity index (χ0) is 13.1. The van der Waals surface area contributed by atoms with Gasteiger partial charge in [0.05, 0.1) is 5.56 Å². The maximum atomic E-state index is 12.9. The Balaban J connectivity index is 2.93. The molecule has 2 nitrogen and oxygen atoms in total. The van der Waals surface area contributed by atoms with Crippen molar-refractivity contribution in [2.45, 2.75) is 25.9 Å². The van der Waals surface area contributed by atoms with E-state index in [1.54, 1.807) is 6.92 Å². The van der Waals surface area contributed by atoms with Crippen LogP contribution < -0.4 is 5.32 Å². The van der Waals surface area contributed by atoms with Gasteiger partial charge in [0.2, 0.25) is 5.91 Å². The summed E-state index contributed by atoms with van der Waals surface area (Å²) in [5.74, 6) is -1.75. The van der Waals surface area contributed by atoms with Gasteiger partial charge < -0.3 is 5.32 Å². The lowest BCUT2D eigenvalue weighted by Gasteiger charge is -2.10. The lowest BCUT2D eigenvalue weighted by Crippen LogP contribution is -2.13. The first-order valence-corrected chi connectivity index (χ1v) is 5.01. The molecule has 0 saturated heterocycles. The molecular formula is C11H11F4NO.